The van der Waals surface area contributed by atoms with Crippen LogP contribution in [0.2, 0.25) is 0 Å². The monoisotopic (exact) mass is 269 g/mol. The summed E-state index contributed by atoms with van der Waals surface area (Å²) in [6.07, 6.45) is 2.01. The van der Waals surface area contributed by atoms with Crippen molar-refractivity contribution in [3.05, 3.63) is 70.5 Å². The summed E-state index contributed by atoms with van der Waals surface area (Å²) in [5.74, 6) is -0.128. The van der Waals surface area contributed by atoms with Crippen LogP contribution in [0.3, 0.4) is 0 Å². The Morgan fingerprint density at radius 1 is 1.20 bits per heavy atom. The zero-order valence-corrected chi connectivity index (χ0v) is 12.0. The third-order valence-corrected chi connectivity index (χ3v) is 4.29. The normalized spacial score (nSPS) is 18.9. The van der Waals surface area contributed by atoms with Gasteiger partial charge >= 0.3 is 0 Å². The molecule has 0 saturated heterocycles. The molecule has 2 aromatic rings. The van der Waals surface area contributed by atoms with Crippen LogP contribution in [-0.2, 0) is 6.42 Å². The minimum absolute atomic E-state index is 0.128. The van der Waals surface area contributed by atoms with Crippen LogP contribution in [0, 0.1) is 12.7 Å². The standard InChI is InChI=1S/C18H20FN/c1-12-5-3-4-6-16(12)13(2)20-18-10-7-14-11-15(19)8-9-17(14)18/h3-6,8-9,11,13,18,20H,7,10H2,1-2H3/t13-,18?/m1/s1. The molecule has 0 saturated carbocycles. The molecule has 1 aliphatic rings. The lowest BCUT2D eigenvalue weighted by atomic mass is 10.0. The van der Waals surface area contributed by atoms with Crippen LogP contribution in [0.25, 0.3) is 0 Å². The lowest BCUT2D eigenvalue weighted by Crippen LogP contribution is -2.23. The highest BCUT2D eigenvalue weighted by Crippen LogP contribution is 2.33. The van der Waals surface area contributed by atoms with Crippen LogP contribution in [0.1, 0.15) is 47.7 Å². The van der Waals surface area contributed by atoms with Crippen LogP contribution in [0.15, 0.2) is 42.5 Å². The number of hydrogen-bond acceptors (Lipinski definition) is 1. The first kappa shape index (κ1) is 13.3. The molecule has 1 aliphatic carbocycles. The van der Waals surface area contributed by atoms with Gasteiger partial charge in [0.2, 0.25) is 0 Å². The van der Waals surface area contributed by atoms with Gasteiger partial charge in [0.1, 0.15) is 5.82 Å². The first-order valence-electron chi connectivity index (χ1n) is 7.25. The average Bonchev–Trinajstić information content (AvgIpc) is 2.81. The largest absolute Gasteiger partial charge is 0.303 e. The summed E-state index contributed by atoms with van der Waals surface area (Å²) < 4.78 is 13.2. The number of nitrogens with one attached hydrogen (secondary N) is 1. The van der Waals surface area contributed by atoms with Crippen molar-refractivity contribution in [1.82, 2.24) is 5.32 Å². The van der Waals surface area contributed by atoms with E-state index in [1.807, 2.05) is 6.07 Å². The maximum Gasteiger partial charge on any atom is 0.123 e. The smallest absolute Gasteiger partial charge is 0.123 e. The van der Waals surface area contributed by atoms with Gasteiger partial charge in [0.05, 0.1) is 0 Å². The van der Waals surface area contributed by atoms with E-state index in [2.05, 4.69) is 43.4 Å². The summed E-state index contributed by atoms with van der Waals surface area (Å²) in [5, 5.41) is 3.69. The third-order valence-electron chi connectivity index (χ3n) is 4.29. The van der Waals surface area contributed by atoms with Gasteiger partial charge in [-0.15, -0.1) is 0 Å². The molecule has 0 radical (unpaired) electrons. The lowest BCUT2D eigenvalue weighted by Gasteiger charge is -2.22. The van der Waals surface area contributed by atoms with Gasteiger partial charge < -0.3 is 5.32 Å². The van der Waals surface area contributed by atoms with Gasteiger partial charge in [0, 0.05) is 12.1 Å². The molecule has 0 bridgehead atoms. The summed E-state index contributed by atoms with van der Waals surface area (Å²) in [6, 6.07) is 14.3. The van der Waals surface area contributed by atoms with E-state index in [0.29, 0.717) is 12.1 Å². The van der Waals surface area contributed by atoms with Crippen molar-refractivity contribution in [2.45, 2.75) is 38.8 Å². The molecule has 1 nitrogen and oxygen atoms in total. The predicted octanol–water partition coefficient (Wildman–Crippen LogP) is 4.47. The topological polar surface area (TPSA) is 12.0 Å². The summed E-state index contributed by atoms with van der Waals surface area (Å²) in [5.41, 5.74) is 5.05. The fourth-order valence-electron chi connectivity index (χ4n) is 3.22. The second-order valence-electron chi connectivity index (χ2n) is 5.68. The summed E-state index contributed by atoms with van der Waals surface area (Å²) in [7, 11) is 0. The Bertz CT molecular complexity index is 621. The molecule has 1 N–H and O–H groups in total. The van der Waals surface area contributed by atoms with Gasteiger partial charge in [-0.1, -0.05) is 30.3 Å². The number of fused-ring (bicyclic) bond motifs is 1. The Balaban J connectivity index is 1.79. The summed E-state index contributed by atoms with van der Waals surface area (Å²) in [6.45, 7) is 4.34. The number of rotatable bonds is 3. The molecule has 0 spiro atoms. The highest BCUT2D eigenvalue weighted by Gasteiger charge is 2.24. The number of aryl methyl sites for hydroxylation is 2. The first-order valence-corrected chi connectivity index (χ1v) is 7.25. The Kier molecular flexibility index (Phi) is 3.58. The van der Waals surface area contributed by atoms with Gasteiger partial charge in [-0.3, -0.25) is 0 Å². The maximum absolute atomic E-state index is 13.2. The van der Waals surface area contributed by atoms with Crippen molar-refractivity contribution in [2.75, 3.05) is 0 Å². The number of hydrogen-bond donors (Lipinski definition) is 1. The highest BCUT2D eigenvalue weighted by atomic mass is 19.1. The van der Waals surface area contributed by atoms with Crippen molar-refractivity contribution >= 4 is 0 Å². The molecule has 0 aromatic heterocycles. The molecular weight excluding hydrogens is 249 g/mol. The quantitative estimate of drug-likeness (QED) is 0.866. The maximum atomic E-state index is 13.2. The summed E-state index contributed by atoms with van der Waals surface area (Å²) >= 11 is 0. The van der Waals surface area contributed by atoms with Crippen molar-refractivity contribution < 1.29 is 4.39 Å². The molecule has 0 heterocycles. The van der Waals surface area contributed by atoms with E-state index in [0.717, 1.165) is 18.4 Å². The average molecular weight is 269 g/mol. The molecule has 2 aromatic carbocycles. The molecule has 104 valence electrons. The second-order valence-corrected chi connectivity index (χ2v) is 5.68. The zero-order valence-electron chi connectivity index (χ0n) is 12.0. The molecule has 0 fully saturated rings. The molecular formula is C18H20FN. The molecule has 0 amide bonds. The predicted molar refractivity (Wildman–Crippen MR) is 80.2 cm³/mol. The second kappa shape index (κ2) is 5.37. The van der Waals surface area contributed by atoms with E-state index < -0.39 is 0 Å². The molecule has 2 atom stereocenters. The van der Waals surface area contributed by atoms with Gasteiger partial charge in [0.15, 0.2) is 0 Å². The van der Waals surface area contributed by atoms with Gasteiger partial charge in [-0.25, -0.2) is 4.39 Å². The van der Waals surface area contributed by atoms with Crippen LogP contribution in [-0.4, -0.2) is 0 Å². The van der Waals surface area contributed by atoms with Gasteiger partial charge in [-0.2, -0.15) is 0 Å². The molecule has 3 rings (SSSR count). The Labute approximate surface area is 119 Å². The fraction of sp³-hybridized carbons (Fsp3) is 0.333. The van der Waals surface area contributed by atoms with Crippen molar-refractivity contribution in [3.8, 4) is 0 Å². The van der Waals surface area contributed by atoms with Crippen LogP contribution in [0.4, 0.5) is 4.39 Å². The molecule has 20 heavy (non-hydrogen) atoms. The van der Waals surface area contributed by atoms with Crippen molar-refractivity contribution in [2.24, 2.45) is 0 Å². The number of halogens is 1. The van der Waals surface area contributed by atoms with E-state index in [1.165, 1.54) is 16.7 Å². The van der Waals surface area contributed by atoms with Gasteiger partial charge in [-0.05, 0) is 61.1 Å². The van der Waals surface area contributed by atoms with E-state index in [-0.39, 0.29) is 5.82 Å². The molecule has 0 aliphatic heterocycles. The zero-order chi connectivity index (χ0) is 14.1. The van der Waals surface area contributed by atoms with E-state index in [1.54, 1.807) is 12.1 Å². The van der Waals surface area contributed by atoms with E-state index in [9.17, 15) is 4.39 Å². The van der Waals surface area contributed by atoms with Crippen LogP contribution >= 0.6 is 0 Å². The Morgan fingerprint density at radius 2 is 2.00 bits per heavy atom. The van der Waals surface area contributed by atoms with Crippen LogP contribution in [0.5, 0.6) is 0 Å². The number of benzene rings is 2. The van der Waals surface area contributed by atoms with E-state index >= 15 is 0 Å². The Hall–Kier alpha value is -1.67. The first-order chi connectivity index (χ1) is 9.65. The third kappa shape index (κ3) is 2.48. The van der Waals surface area contributed by atoms with Gasteiger partial charge in [0.25, 0.3) is 0 Å². The minimum atomic E-state index is -0.128. The Morgan fingerprint density at radius 3 is 2.80 bits per heavy atom. The molecule has 1 unspecified atom stereocenters. The summed E-state index contributed by atoms with van der Waals surface area (Å²) in [4.78, 5) is 0. The van der Waals surface area contributed by atoms with Crippen molar-refractivity contribution in [1.29, 1.82) is 0 Å². The SMILES string of the molecule is Cc1ccccc1[C@@H](C)NC1CCc2cc(F)ccc21. The highest BCUT2D eigenvalue weighted by molar-refractivity contribution is 5.36. The fourth-order valence-corrected chi connectivity index (χ4v) is 3.22. The lowest BCUT2D eigenvalue weighted by molar-refractivity contribution is 0.463. The van der Waals surface area contributed by atoms with Crippen molar-refractivity contribution in [3.63, 3.8) is 0 Å². The molecule has 2 heteroatoms. The minimum Gasteiger partial charge on any atom is -0.303 e. The van der Waals surface area contributed by atoms with Crippen LogP contribution < -0.4 is 5.32 Å². The van der Waals surface area contributed by atoms with E-state index in [4.69, 9.17) is 0 Å².